The van der Waals surface area contributed by atoms with Crippen LogP contribution in [0, 0.1) is 0 Å². The Morgan fingerprint density at radius 1 is 1.10 bits per heavy atom. The molecule has 0 aromatic heterocycles. The molecule has 4 nitrogen and oxygen atoms in total. The topological polar surface area (TPSA) is 44.8 Å². The summed E-state index contributed by atoms with van der Waals surface area (Å²) < 4.78 is 64.9. The minimum atomic E-state index is -4.39. The number of ether oxygens (including phenoxy) is 1. The molecule has 1 rings (SSSR count). The van der Waals surface area contributed by atoms with E-state index in [9.17, 15) is 17.7 Å². The van der Waals surface area contributed by atoms with Crippen LogP contribution >= 0.6 is 7.60 Å². The molecule has 1 aliphatic carbocycles. The van der Waals surface area contributed by atoms with Crippen molar-refractivity contribution in [2.24, 2.45) is 0 Å². The van der Waals surface area contributed by atoms with E-state index in [2.05, 4.69) is 0 Å². The molecule has 0 aliphatic heterocycles. The van der Waals surface area contributed by atoms with Gasteiger partial charge in [0.15, 0.2) is 0 Å². The molecule has 0 saturated heterocycles. The van der Waals surface area contributed by atoms with Crippen LogP contribution in [0.3, 0.4) is 0 Å². The third-order valence-electron chi connectivity index (χ3n) is 3.15. The van der Waals surface area contributed by atoms with Crippen molar-refractivity contribution in [1.29, 1.82) is 0 Å². The smallest absolute Gasteiger partial charge is 0.368 e. The summed E-state index contributed by atoms with van der Waals surface area (Å²) in [5.74, 6) is 0. The first-order chi connectivity index (χ1) is 9.32. The van der Waals surface area contributed by atoms with E-state index in [0.29, 0.717) is 12.8 Å². The van der Waals surface area contributed by atoms with E-state index in [1.165, 1.54) is 0 Å². The maximum Gasteiger partial charge on any atom is 0.411 e. The Labute approximate surface area is 117 Å². The summed E-state index contributed by atoms with van der Waals surface area (Å²) in [4.78, 5) is 0. The van der Waals surface area contributed by atoms with Gasteiger partial charge >= 0.3 is 13.8 Å². The molecule has 0 amide bonds. The quantitative estimate of drug-likeness (QED) is 0.662. The van der Waals surface area contributed by atoms with Crippen LogP contribution in [0.1, 0.15) is 39.5 Å². The second-order valence-corrected chi connectivity index (χ2v) is 6.95. The first-order valence-corrected chi connectivity index (χ1v) is 8.50. The number of hydrogen-bond acceptors (Lipinski definition) is 4. The molecule has 0 N–H and O–H groups in total. The van der Waals surface area contributed by atoms with Gasteiger partial charge in [-0.3, -0.25) is 4.57 Å². The Hall–Kier alpha value is -0.100. The fourth-order valence-electron chi connectivity index (χ4n) is 2.42. The summed E-state index contributed by atoms with van der Waals surface area (Å²) in [5, 5.41) is 0. The summed E-state index contributed by atoms with van der Waals surface area (Å²) in [7, 11) is -3.43. The average molecular weight is 318 g/mol. The van der Waals surface area contributed by atoms with Gasteiger partial charge in [0.2, 0.25) is 0 Å². The zero-order valence-corrected chi connectivity index (χ0v) is 12.7. The molecule has 0 heterocycles. The van der Waals surface area contributed by atoms with Crippen LogP contribution in [0.4, 0.5) is 13.2 Å². The maximum atomic E-state index is 12.7. The van der Waals surface area contributed by atoms with Crippen LogP contribution < -0.4 is 0 Å². The van der Waals surface area contributed by atoms with Crippen molar-refractivity contribution < 1.29 is 31.5 Å². The molecular formula is C12H22F3O4P. The third kappa shape index (κ3) is 5.35. The molecule has 120 valence electrons. The normalized spacial score (nSPS) is 24.9. The fourth-order valence-corrected chi connectivity index (χ4v) is 4.74. The van der Waals surface area contributed by atoms with Crippen molar-refractivity contribution in [2.45, 2.75) is 57.5 Å². The molecule has 1 fully saturated rings. The Bertz CT molecular complexity index is 325. The van der Waals surface area contributed by atoms with Crippen LogP contribution in [-0.2, 0) is 18.3 Å². The van der Waals surface area contributed by atoms with Gasteiger partial charge in [-0.1, -0.05) is 12.8 Å². The summed E-state index contributed by atoms with van der Waals surface area (Å²) in [6, 6.07) is 0. The second kappa shape index (κ2) is 7.78. The van der Waals surface area contributed by atoms with Crippen LogP contribution in [0.5, 0.6) is 0 Å². The van der Waals surface area contributed by atoms with Crippen LogP contribution in [0.15, 0.2) is 0 Å². The molecule has 2 atom stereocenters. The predicted octanol–water partition coefficient (Wildman–Crippen LogP) is 4.14. The van der Waals surface area contributed by atoms with Gasteiger partial charge in [0, 0.05) is 0 Å². The molecule has 0 aromatic carbocycles. The fraction of sp³-hybridized carbons (Fsp3) is 1.00. The number of halogens is 3. The van der Waals surface area contributed by atoms with E-state index in [0.717, 1.165) is 12.8 Å². The number of hydrogen-bond donors (Lipinski definition) is 0. The molecule has 1 saturated carbocycles. The SMILES string of the molecule is CCOP(=O)(OCC)[C@@H]1CCCC[C@H]1OCC(F)(F)F. The minimum Gasteiger partial charge on any atom is -0.368 e. The average Bonchev–Trinajstić information content (AvgIpc) is 2.36. The first-order valence-electron chi connectivity index (χ1n) is 6.89. The lowest BCUT2D eigenvalue weighted by Gasteiger charge is -2.35. The van der Waals surface area contributed by atoms with Gasteiger partial charge in [0.25, 0.3) is 0 Å². The summed E-state index contributed by atoms with van der Waals surface area (Å²) in [6.45, 7) is 2.42. The molecule has 1 aliphatic rings. The third-order valence-corrected chi connectivity index (χ3v) is 5.79. The highest BCUT2D eigenvalue weighted by Crippen LogP contribution is 2.58. The van der Waals surface area contributed by atoms with Gasteiger partial charge in [-0.05, 0) is 26.7 Å². The van der Waals surface area contributed by atoms with E-state index in [-0.39, 0.29) is 13.2 Å². The molecule has 0 bridgehead atoms. The molecular weight excluding hydrogens is 296 g/mol. The largest absolute Gasteiger partial charge is 0.411 e. The summed E-state index contributed by atoms with van der Waals surface area (Å²) in [5.41, 5.74) is -0.613. The maximum absolute atomic E-state index is 12.7. The zero-order valence-electron chi connectivity index (χ0n) is 11.8. The first kappa shape index (κ1) is 18.0. The summed E-state index contributed by atoms with van der Waals surface area (Å²) >= 11 is 0. The number of rotatable bonds is 7. The highest BCUT2D eigenvalue weighted by atomic mass is 31.2. The Morgan fingerprint density at radius 3 is 2.15 bits per heavy atom. The molecule has 0 aromatic rings. The van der Waals surface area contributed by atoms with Crippen molar-refractivity contribution in [3.05, 3.63) is 0 Å². The van der Waals surface area contributed by atoms with Crippen LogP contribution in [0.25, 0.3) is 0 Å². The van der Waals surface area contributed by atoms with Crippen molar-refractivity contribution in [3.63, 3.8) is 0 Å². The molecule has 0 radical (unpaired) electrons. The molecule has 0 unspecified atom stereocenters. The van der Waals surface area contributed by atoms with Gasteiger partial charge in [-0.15, -0.1) is 0 Å². The second-order valence-electron chi connectivity index (χ2n) is 4.69. The van der Waals surface area contributed by atoms with Crippen molar-refractivity contribution in [2.75, 3.05) is 19.8 Å². The Morgan fingerprint density at radius 2 is 1.65 bits per heavy atom. The summed E-state index contributed by atoms with van der Waals surface area (Å²) in [6.07, 6.45) is -2.61. The van der Waals surface area contributed by atoms with Crippen molar-refractivity contribution >= 4 is 7.60 Å². The van der Waals surface area contributed by atoms with Gasteiger partial charge < -0.3 is 13.8 Å². The van der Waals surface area contributed by atoms with E-state index in [1.54, 1.807) is 13.8 Å². The highest BCUT2D eigenvalue weighted by Gasteiger charge is 2.44. The van der Waals surface area contributed by atoms with Crippen LogP contribution in [0.2, 0.25) is 0 Å². The van der Waals surface area contributed by atoms with Gasteiger partial charge in [-0.2, -0.15) is 13.2 Å². The lowest BCUT2D eigenvalue weighted by atomic mass is 9.97. The predicted molar refractivity (Wildman–Crippen MR) is 68.9 cm³/mol. The van der Waals surface area contributed by atoms with E-state index >= 15 is 0 Å². The Kier molecular flexibility index (Phi) is 6.98. The van der Waals surface area contributed by atoms with E-state index in [4.69, 9.17) is 13.8 Å². The van der Waals surface area contributed by atoms with Gasteiger partial charge in [0.05, 0.1) is 25.0 Å². The minimum absolute atomic E-state index is 0.194. The highest BCUT2D eigenvalue weighted by molar-refractivity contribution is 7.54. The van der Waals surface area contributed by atoms with Gasteiger partial charge in [-0.25, -0.2) is 0 Å². The molecule has 0 spiro atoms. The molecule has 8 heteroatoms. The van der Waals surface area contributed by atoms with Gasteiger partial charge in [0.1, 0.15) is 6.61 Å². The van der Waals surface area contributed by atoms with Crippen molar-refractivity contribution in [1.82, 2.24) is 0 Å². The van der Waals surface area contributed by atoms with Crippen molar-refractivity contribution in [3.8, 4) is 0 Å². The monoisotopic (exact) mass is 318 g/mol. The number of alkyl halides is 3. The Balaban J connectivity index is 2.77. The standard InChI is InChI=1S/C12H22F3O4P/c1-3-18-20(16,19-4-2)11-8-6-5-7-10(11)17-9-12(13,14)15/h10-11H,3-9H2,1-2H3/t10-,11-/m1/s1. The van der Waals surface area contributed by atoms with E-state index < -0.39 is 32.1 Å². The molecule has 20 heavy (non-hydrogen) atoms. The van der Waals surface area contributed by atoms with E-state index in [1.807, 2.05) is 0 Å². The zero-order chi connectivity index (χ0) is 15.2. The van der Waals surface area contributed by atoms with Crippen LogP contribution in [-0.4, -0.2) is 37.8 Å². The lowest BCUT2D eigenvalue weighted by Crippen LogP contribution is -2.36. The lowest BCUT2D eigenvalue weighted by molar-refractivity contribution is -0.187.